The molecular weight excluding hydrogens is 186 g/mol. The zero-order valence-corrected chi connectivity index (χ0v) is 6.72. The van der Waals surface area contributed by atoms with Crippen molar-refractivity contribution < 1.29 is 9.63 Å². The molecule has 0 spiro atoms. The van der Waals surface area contributed by atoms with Crippen molar-refractivity contribution in [3.63, 3.8) is 0 Å². The summed E-state index contributed by atoms with van der Waals surface area (Å²) in [5, 5.41) is 1.36. The first-order chi connectivity index (χ1) is 4.25. The quantitative estimate of drug-likeness (QED) is 0.570. The standard InChI is InChI=1S/C5H8BrNO2/c1-2-7-5(8)4(6)3-9-7/h4H,2-3H2,1H3/t4-/m1/s1. The summed E-state index contributed by atoms with van der Waals surface area (Å²) in [6, 6.07) is 0. The maximum atomic E-state index is 10.9. The Morgan fingerprint density at radius 2 is 2.67 bits per heavy atom. The van der Waals surface area contributed by atoms with E-state index in [0.717, 1.165) is 0 Å². The van der Waals surface area contributed by atoms with Crippen LogP contribution in [0.4, 0.5) is 0 Å². The van der Waals surface area contributed by atoms with Gasteiger partial charge in [-0.25, -0.2) is 5.06 Å². The van der Waals surface area contributed by atoms with Crippen molar-refractivity contribution in [3.05, 3.63) is 0 Å². The van der Waals surface area contributed by atoms with E-state index in [1.54, 1.807) is 0 Å². The van der Waals surface area contributed by atoms with Crippen LogP contribution in [0.15, 0.2) is 0 Å². The SMILES string of the molecule is CCN1OC[C@@H](Br)C1=O. The second kappa shape index (κ2) is 2.66. The minimum absolute atomic E-state index is 0.0255. The van der Waals surface area contributed by atoms with Gasteiger partial charge in [0.05, 0.1) is 6.61 Å². The zero-order chi connectivity index (χ0) is 6.85. The van der Waals surface area contributed by atoms with Gasteiger partial charge in [-0.05, 0) is 6.92 Å². The molecular formula is C5H8BrNO2. The summed E-state index contributed by atoms with van der Waals surface area (Å²) >= 11 is 3.17. The Morgan fingerprint density at radius 1 is 2.00 bits per heavy atom. The molecule has 1 rings (SSSR count). The maximum Gasteiger partial charge on any atom is 0.262 e. The van der Waals surface area contributed by atoms with Crippen molar-refractivity contribution in [3.8, 4) is 0 Å². The molecule has 1 amide bonds. The topological polar surface area (TPSA) is 29.5 Å². The number of hydroxylamine groups is 2. The Hall–Kier alpha value is -0.0900. The fourth-order valence-corrected chi connectivity index (χ4v) is 1.04. The molecule has 1 fully saturated rings. The predicted molar refractivity (Wildman–Crippen MR) is 36.1 cm³/mol. The Balaban J connectivity index is 2.51. The Bertz CT molecular complexity index is 128. The van der Waals surface area contributed by atoms with Crippen LogP contribution in [-0.4, -0.2) is 28.9 Å². The summed E-state index contributed by atoms with van der Waals surface area (Å²) in [5.74, 6) is 0.0255. The molecule has 0 saturated carbocycles. The van der Waals surface area contributed by atoms with Crippen LogP contribution in [0.25, 0.3) is 0 Å². The first-order valence-electron chi connectivity index (χ1n) is 2.84. The fraction of sp³-hybridized carbons (Fsp3) is 0.800. The lowest BCUT2D eigenvalue weighted by molar-refractivity contribution is -0.160. The predicted octanol–water partition coefficient (Wildman–Crippen LogP) is 0.544. The van der Waals surface area contributed by atoms with Crippen molar-refractivity contribution in [1.82, 2.24) is 5.06 Å². The van der Waals surface area contributed by atoms with Gasteiger partial charge in [0.25, 0.3) is 5.91 Å². The average molecular weight is 194 g/mol. The highest BCUT2D eigenvalue weighted by atomic mass is 79.9. The van der Waals surface area contributed by atoms with Crippen LogP contribution >= 0.6 is 15.9 Å². The minimum Gasteiger partial charge on any atom is -0.271 e. The molecule has 0 radical (unpaired) electrons. The van der Waals surface area contributed by atoms with Gasteiger partial charge in [-0.2, -0.15) is 0 Å². The number of amides is 1. The highest BCUT2D eigenvalue weighted by Crippen LogP contribution is 2.13. The third kappa shape index (κ3) is 1.24. The Kier molecular flexibility index (Phi) is 2.08. The van der Waals surface area contributed by atoms with E-state index < -0.39 is 0 Å². The van der Waals surface area contributed by atoms with Crippen molar-refractivity contribution in [2.24, 2.45) is 0 Å². The number of rotatable bonds is 1. The second-order valence-corrected chi connectivity index (χ2v) is 2.90. The van der Waals surface area contributed by atoms with Gasteiger partial charge in [0.2, 0.25) is 0 Å². The summed E-state index contributed by atoms with van der Waals surface area (Å²) in [6.07, 6.45) is 0. The summed E-state index contributed by atoms with van der Waals surface area (Å²) in [7, 11) is 0. The fourth-order valence-electron chi connectivity index (χ4n) is 0.694. The van der Waals surface area contributed by atoms with Crippen molar-refractivity contribution >= 4 is 21.8 Å². The van der Waals surface area contributed by atoms with Gasteiger partial charge >= 0.3 is 0 Å². The first-order valence-corrected chi connectivity index (χ1v) is 3.75. The summed E-state index contributed by atoms with van der Waals surface area (Å²) in [5.41, 5.74) is 0. The average Bonchev–Trinajstić information content (AvgIpc) is 2.15. The molecule has 9 heavy (non-hydrogen) atoms. The molecule has 1 aliphatic rings. The molecule has 0 aliphatic carbocycles. The van der Waals surface area contributed by atoms with Gasteiger partial charge < -0.3 is 0 Å². The van der Waals surface area contributed by atoms with Gasteiger partial charge in [-0.1, -0.05) is 15.9 Å². The molecule has 0 bridgehead atoms. The van der Waals surface area contributed by atoms with E-state index in [-0.39, 0.29) is 10.7 Å². The van der Waals surface area contributed by atoms with Crippen LogP contribution < -0.4 is 0 Å². The van der Waals surface area contributed by atoms with Crippen molar-refractivity contribution in [2.75, 3.05) is 13.2 Å². The molecule has 1 atom stereocenters. The number of carbonyl (C=O) groups excluding carboxylic acids is 1. The van der Waals surface area contributed by atoms with Gasteiger partial charge in [-0.3, -0.25) is 9.63 Å². The van der Waals surface area contributed by atoms with Crippen LogP contribution in [0.1, 0.15) is 6.92 Å². The lowest BCUT2D eigenvalue weighted by Crippen LogP contribution is -2.25. The number of carbonyl (C=O) groups is 1. The lowest BCUT2D eigenvalue weighted by atomic mass is 10.4. The summed E-state index contributed by atoms with van der Waals surface area (Å²) in [4.78, 5) is 15.7. The molecule has 0 aromatic heterocycles. The van der Waals surface area contributed by atoms with E-state index in [2.05, 4.69) is 15.9 Å². The van der Waals surface area contributed by atoms with Crippen LogP contribution in [-0.2, 0) is 9.63 Å². The van der Waals surface area contributed by atoms with Crippen LogP contribution in [0.5, 0.6) is 0 Å². The minimum atomic E-state index is -0.127. The van der Waals surface area contributed by atoms with Gasteiger partial charge in [0, 0.05) is 6.54 Å². The third-order valence-corrected chi connectivity index (χ3v) is 1.83. The van der Waals surface area contributed by atoms with E-state index in [9.17, 15) is 4.79 Å². The van der Waals surface area contributed by atoms with Gasteiger partial charge in [0.1, 0.15) is 4.83 Å². The van der Waals surface area contributed by atoms with E-state index in [1.807, 2.05) is 6.92 Å². The van der Waals surface area contributed by atoms with Crippen LogP contribution in [0.2, 0.25) is 0 Å². The van der Waals surface area contributed by atoms with Crippen molar-refractivity contribution in [1.29, 1.82) is 0 Å². The highest BCUT2D eigenvalue weighted by molar-refractivity contribution is 9.10. The van der Waals surface area contributed by atoms with Crippen molar-refractivity contribution in [2.45, 2.75) is 11.8 Å². The smallest absolute Gasteiger partial charge is 0.262 e. The monoisotopic (exact) mass is 193 g/mol. The molecule has 1 aliphatic heterocycles. The number of alkyl halides is 1. The molecule has 0 aromatic carbocycles. The molecule has 3 nitrogen and oxygen atoms in total. The van der Waals surface area contributed by atoms with E-state index in [4.69, 9.17) is 4.84 Å². The van der Waals surface area contributed by atoms with Crippen LogP contribution in [0, 0.1) is 0 Å². The first kappa shape index (κ1) is 7.02. The Morgan fingerprint density at radius 3 is 2.89 bits per heavy atom. The lowest BCUT2D eigenvalue weighted by Gasteiger charge is -2.08. The third-order valence-electron chi connectivity index (χ3n) is 1.18. The van der Waals surface area contributed by atoms with Crippen LogP contribution in [0.3, 0.4) is 0 Å². The largest absolute Gasteiger partial charge is 0.271 e. The molecule has 0 N–H and O–H groups in total. The van der Waals surface area contributed by atoms with E-state index in [1.165, 1.54) is 5.06 Å². The zero-order valence-electron chi connectivity index (χ0n) is 5.13. The second-order valence-electron chi connectivity index (χ2n) is 1.80. The molecule has 0 unspecified atom stereocenters. The van der Waals surface area contributed by atoms with Gasteiger partial charge in [-0.15, -0.1) is 0 Å². The molecule has 1 saturated heterocycles. The van der Waals surface area contributed by atoms with E-state index in [0.29, 0.717) is 13.2 Å². The number of hydrogen-bond acceptors (Lipinski definition) is 2. The van der Waals surface area contributed by atoms with E-state index >= 15 is 0 Å². The molecule has 1 heterocycles. The number of hydrogen-bond donors (Lipinski definition) is 0. The maximum absolute atomic E-state index is 10.9. The number of nitrogens with zero attached hydrogens (tertiary/aromatic N) is 1. The highest BCUT2D eigenvalue weighted by Gasteiger charge is 2.29. The summed E-state index contributed by atoms with van der Waals surface area (Å²) < 4.78 is 0. The summed E-state index contributed by atoms with van der Waals surface area (Å²) in [6.45, 7) is 2.97. The Labute approximate surface area is 62.0 Å². The molecule has 4 heteroatoms. The molecule has 52 valence electrons. The van der Waals surface area contributed by atoms with Gasteiger partial charge in [0.15, 0.2) is 0 Å². The normalized spacial score (nSPS) is 27.6. The number of halogens is 1. The molecule has 0 aromatic rings.